The van der Waals surface area contributed by atoms with Crippen molar-refractivity contribution in [3.05, 3.63) is 24.0 Å². The van der Waals surface area contributed by atoms with Gasteiger partial charge in [0.15, 0.2) is 0 Å². The molecule has 2 fully saturated rings. The summed E-state index contributed by atoms with van der Waals surface area (Å²) < 4.78 is 0. The second-order valence-corrected chi connectivity index (χ2v) is 6.55. The van der Waals surface area contributed by atoms with Crippen molar-refractivity contribution in [2.45, 2.75) is 31.3 Å². The third-order valence-corrected chi connectivity index (χ3v) is 4.78. The zero-order chi connectivity index (χ0) is 18.0. The second-order valence-electron chi connectivity index (χ2n) is 6.55. The van der Waals surface area contributed by atoms with Crippen molar-refractivity contribution in [1.82, 2.24) is 20.1 Å². The van der Waals surface area contributed by atoms with Crippen LogP contribution in [0, 0.1) is 0 Å². The molecule has 1 aromatic rings. The number of likely N-dealkylation sites (tertiary alicyclic amines) is 2. The first-order valence-electron chi connectivity index (χ1n) is 8.47. The van der Waals surface area contributed by atoms with E-state index in [0.717, 1.165) is 12.1 Å². The quantitative estimate of drug-likeness (QED) is 0.806. The van der Waals surface area contributed by atoms with Gasteiger partial charge in [0.05, 0.1) is 17.3 Å². The first-order chi connectivity index (χ1) is 12.0. The van der Waals surface area contributed by atoms with Gasteiger partial charge in [-0.25, -0.2) is 0 Å². The van der Waals surface area contributed by atoms with Crippen LogP contribution in [-0.4, -0.2) is 71.8 Å². The number of amides is 3. The van der Waals surface area contributed by atoms with Crippen molar-refractivity contribution in [2.75, 3.05) is 32.5 Å². The van der Waals surface area contributed by atoms with Crippen molar-refractivity contribution >= 4 is 23.4 Å². The Morgan fingerprint density at radius 1 is 1.32 bits per heavy atom. The Balaban J connectivity index is 1.68. The van der Waals surface area contributed by atoms with Crippen molar-refractivity contribution in [2.24, 2.45) is 0 Å². The number of nitrogens with zero attached hydrogens (tertiary/aromatic N) is 3. The molecule has 8 heteroatoms. The molecule has 2 aliphatic rings. The van der Waals surface area contributed by atoms with Crippen LogP contribution in [0.4, 0.5) is 5.69 Å². The van der Waals surface area contributed by atoms with Crippen LogP contribution in [0.15, 0.2) is 18.5 Å². The monoisotopic (exact) mass is 345 g/mol. The minimum Gasteiger partial charge on any atom is -0.387 e. The van der Waals surface area contributed by atoms with Gasteiger partial charge < -0.3 is 20.4 Å². The van der Waals surface area contributed by atoms with Crippen LogP contribution in [0.3, 0.4) is 0 Å². The molecule has 1 aromatic heterocycles. The Kier molecular flexibility index (Phi) is 4.87. The number of rotatable bonds is 4. The van der Waals surface area contributed by atoms with E-state index >= 15 is 0 Å². The smallest absolute Gasteiger partial charge is 0.256 e. The van der Waals surface area contributed by atoms with E-state index in [1.165, 1.54) is 6.20 Å². The van der Waals surface area contributed by atoms with Crippen molar-refractivity contribution < 1.29 is 14.4 Å². The summed E-state index contributed by atoms with van der Waals surface area (Å²) in [5.41, 5.74) is 1.21. The maximum atomic E-state index is 12.8. The standard InChI is InChI=1S/C17H23N5O3/c1-18-12-6-11(8-19-9-12)17(25)22-5-3-4-14(22)16(24)20-13-7-15(23)21(2)10-13/h6,8-9,13-14,18H,3-5,7,10H2,1-2H3,(H,20,24)/t13-,14?/m0/s1. The van der Waals surface area contributed by atoms with Crippen LogP contribution in [0.5, 0.6) is 0 Å². The fourth-order valence-corrected chi connectivity index (χ4v) is 3.40. The Labute approximate surface area is 146 Å². The van der Waals surface area contributed by atoms with Crippen LogP contribution in [-0.2, 0) is 9.59 Å². The lowest BCUT2D eigenvalue weighted by Gasteiger charge is -2.25. The predicted molar refractivity (Wildman–Crippen MR) is 92.0 cm³/mol. The third kappa shape index (κ3) is 3.57. The molecule has 25 heavy (non-hydrogen) atoms. The zero-order valence-electron chi connectivity index (χ0n) is 14.5. The minimum atomic E-state index is -0.494. The molecule has 0 aliphatic carbocycles. The van der Waals surface area contributed by atoms with Gasteiger partial charge in [0, 0.05) is 46.0 Å². The van der Waals surface area contributed by atoms with Crippen molar-refractivity contribution in [3.63, 3.8) is 0 Å². The average Bonchev–Trinajstić information content (AvgIpc) is 3.21. The summed E-state index contributed by atoms with van der Waals surface area (Å²) in [4.78, 5) is 44.3. The van der Waals surface area contributed by atoms with Crippen molar-refractivity contribution in [3.8, 4) is 0 Å². The highest BCUT2D eigenvalue weighted by Crippen LogP contribution is 2.22. The topological polar surface area (TPSA) is 94.6 Å². The molecule has 134 valence electrons. The highest BCUT2D eigenvalue weighted by atomic mass is 16.2. The summed E-state index contributed by atoms with van der Waals surface area (Å²) >= 11 is 0. The fraction of sp³-hybridized carbons (Fsp3) is 0.529. The summed E-state index contributed by atoms with van der Waals surface area (Å²) in [5.74, 6) is -0.349. The Bertz CT molecular complexity index is 693. The molecule has 1 unspecified atom stereocenters. The van der Waals surface area contributed by atoms with Gasteiger partial charge >= 0.3 is 0 Å². The number of nitrogens with one attached hydrogen (secondary N) is 2. The van der Waals surface area contributed by atoms with Gasteiger partial charge in [0.1, 0.15) is 6.04 Å². The van der Waals surface area contributed by atoms with E-state index in [1.807, 2.05) is 0 Å². The van der Waals surface area contributed by atoms with Gasteiger partial charge in [-0.05, 0) is 18.9 Å². The molecule has 2 aliphatic heterocycles. The minimum absolute atomic E-state index is 0.0274. The van der Waals surface area contributed by atoms with E-state index in [1.54, 1.807) is 36.2 Å². The number of aromatic nitrogens is 1. The average molecular weight is 345 g/mol. The third-order valence-electron chi connectivity index (χ3n) is 4.78. The number of pyridine rings is 1. The Hall–Kier alpha value is -2.64. The van der Waals surface area contributed by atoms with E-state index in [9.17, 15) is 14.4 Å². The number of carbonyl (C=O) groups excluding carboxylic acids is 3. The lowest BCUT2D eigenvalue weighted by molar-refractivity contribution is -0.126. The first kappa shape index (κ1) is 17.2. The Morgan fingerprint density at radius 3 is 2.80 bits per heavy atom. The largest absolute Gasteiger partial charge is 0.387 e. The maximum absolute atomic E-state index is 12.8. The highest BCUT2D eigenvalue weighted by molar-refractivity contribution is 5.98. The number of carbonyl (C=O) groups is 3. The van der Waals surface area contributed by atoms with E-state index in [-0.39, 0.29) is 23.8 Å². The Morgan fingerprint density at radius 2 is 2.12 bits per heavy atom. The van der Waals surface area contributed by atoms with Crippen LogP contribution < -0.4 is 10.6 Å². The maximum Gasteiger partial charge on any atom is 0.256 e. The lowest BCUT2D eigenvalue weighted by Crippen LogP contribution is -2.49. The predicted octanol–water partition coefficient (Wildman–Crippen LogP) is 0.0748. The number of hydrogen-bond donors (Lipinski definition) is 2. The molecule has 0 saturated carbocycles. The number of hydrogen-bond acceptors (Lipinski definition) is 5. The van der Waals surface area contributed by atoms with Gasteiger partial charge in [-0.15, -0.1) is 0 Å². The molecule has 2 N–H and O–H groups in total. The fourth-order valence-electron chi connectivity index (χ4n) is 3.40. The number of likely N-dealkylation sites (N-methyl/N-ethyl adjacent to an activating group) is 1. The van der Waals surface area contributed by atoms with Crippen molar-refractivity contribution in [1.29, 1.82) is 0 Å². The molecule has 3 amide bonds. The molecular weight excluding hydrogens is 322 g/mol. The van der Waals surface area contributed by atoms with Crippen LogP contribution >= 0.6 is 0 Å². The van der Waals surface area contributed by atoms with E-state index < -0.39 is 6.04 Å². The van der Waals surface area contributed by atoms with E-state index in [4.69, 9.17) is 0 Å². The van der Waals surface area contributed by atoms with Gasteiger partial charge in [-0.3, -0.25) is 19.4 Å². The summed E-state index contributed by atoms with van der Waals surface area (Å²) in [5, 5.41) is 5.87. The normalized spacial score (nSPS) is 23.0. The van der Waals surface area contributed by atoms with Gasteiger partial charge in [0.2, 0.25) is 11.8 Å². The van der Waals surface area contributed by atoms with Gasteiger partial charge in [0.25, 0.3) is 5.91 Å². The summed E-state index contributed by atoms with van der Waals surface area (Å²) in [6.07, 6.45) is 4.89. The van der Waals surface area contributed by atoms with Crippen LogP contribution in [0.1, 0.15) is 29.6 Å². The zero-order valence-corrected chi connectivity index (χ0v) is 14.5. The van der Waals surface area contributed by atoms with Crippen LogP contribution in [0.2, 0.25) is 0 Å². The van der Waals surface area contributed by atoms with E-state index in [0.29, 0.717) is 31.5 Å². The molecular formula is C17H23N5O3. The molecule has 3 heterocycles. The van der Waals surface area contributed by atoms with E-state index in [2.05, 4.69) is 15.6 Å². The van der Waals surface area contributed by atoms with Crippen LogP contribution in [0.25, 0.3) is 0 Å². The molecule has 3 rings (SSSR count). The molecule has 8 nitrogen and oxygen atoms in total. The summed E-state index contributed by atoms with van der Waals surface area (Å²) in [6.45, 7) is 1.06. The molecule has 2 atom stereocenters. The molecule has 0 bridgehead atoms. The summed E-state index contributed by atoms with van der Waals surface area (Å²) in [6, 6.07) is 1.05. The highest BCUT2D eigenvalue weighted by Gasteiger charge is 2.37. The second kappa shape index (κ2) is 7.08. The van der Waals surface area contributed by atoms with Gasteiger partial charge in [-0.1, -0.05) is 0 Å². The first-order valence-corrected chi connectivity index (χ1v) is 8.47. The number of anilines is 1. The lowest BCUT2D eigenvalue weighted by atomic mass is 10.1. The SMILES string of the molecule is CNc1cncc(C(=O)N2CCCC2C(=O)N[C@H]2CC(=O)N(C)C2)c1. The van der Waals surface area contributed by atoms with Gasteiger partial charge in [-0.2, -0.15) is 0 Å². The molecule has 0 spiro atoms. The molecule has 0 radical (unpaired) electrons. The molecule has 0 aromatic carbocycles. The summed E-state index contributed by atoms with van der Waals surface area (Å²) in [7, 11) is 3.49. The molecule has 2 saturated heterocycles.